The maximum absolute atomic E-state index is 14.7. The maximum Gasteiger partial charge on any atom is 0.416 e. The average Bonchev–Trinajstić information content (AvgIpc) is 3.88. The van der Waals surface area contributed by atoms with Gasteiger partial charge < -0.3 is 22.1 Å². The molecule has 300 valence electrons. The molecule has 5 aromatic heterocycles. The number of hydrogen-bond acceptors (Lipinski definition) is 11. The molecule has 5 heterocycles. The molecule has 9 rings (SSSR count). The molecular formula is C39H30F7N13. The van der Waals surface area contributed by atoms with Crippen molar-refractivity contribution < 1.29 is 30.7 Å². The Kier molecular flexibility index (Phi) is 9.69. The highest BCUT2D eigenvalue weighted by atomic mass is 19.4. The third kappa shape index (κ3) is 8.09. The standard InChI is InChI=1S/C21H17F3N6.C18H13F4N7/c22-21(23,24)13-7-9-14(10-8-13)26-20-28-17(25)11-18(29-20)30-16-4-2-1-3-15(16)27-19(30)12-5-6-12;1-9-25-15-12(3-2-8-24-15)29(9)16-13(19)14(23)27-17(28-16)26-11-6-4-10(5-7-11)18(20,21)22/h1-4,7-12H,5-6H2,(H3,25,26,28,29);2-8H,1H3,(H3,23,26,27,28). The van der Waals surface area contributed by atoms with Crippen LogP contribution in [0.1, 0.15) is 41.5 Å². The first kappa shape index (κ1) is 38.5. The predicted octanol–water partition coefficient (Wildman–Crippen LogP) is 9.04. The van der Waals surface area contributed by atoms with Gasteiger partial charge in [-0.25, -0.2) is 15.0 Å². The highest BCUT2D eigenvalue weighted by Gasteiger charge is 2.32. The Morgan fingerprint density at radius 3 is 1.86 bits per heavy atom. The van der Waals surface area contributed by atoms with Crippen LogP contribution in [0.5, 0.6) is 0 Å². The number of halogens is 7. The van der Waals surface area contributed by atoms with Crippen LogP contribution >= 0.6 is 0 Å². The van der Waals surface area contributed by atoms with E-state index in [-0.39, 0.29) is 29.2 Å². The van der Waals surface area contributed by atoms with Gasteiger partial charge in [-0.3, -0.25) is 9.13 Å². The van der Waals surface area contributed by atoms with Crippen molar-refractivity contribution in [3.05, 3.63) is 126 Å². The van der Waals surface area contributed by atoms with E-state index in [0.29, 0.717) is 34.4 Å². The van der Waals surface area contributed by atoms with E-state index >= 15 is 0 Å². The molecule has 0 radical (unpaired) electrons. The molecule has 59 heavy (non-hydrogen) atoms. The zero-order chi connectivity index (χ0) is 41.6. The Morgan fingerprint density at radius 2 is 1.25 bits per heavy atom. The first-order chi connectivity index (χ1) is 28.1. The number of rotatable bonds is 7. The lowest BCUT2D eigenvalue weighted by Crippen LogP contribution is -2.11. The largest absolute Gasteiger partial charge is 0.416 e. The van der Waals surface area contributed by atoms with Crippen LogP contribution in [-0.4, -0.2) is 44.0 Å². The van der Waals surface area contributed by atoms with Crippen molar-refractivity contribution in [1.29, 1.82) is 0 Å². The second-order valence-electron chi connectivity index (χ2n) is 13.4. The highest BCUT2D eigenvalue weighted by molar-refractivity contribution is 5.78. The summed E-state index contributed by atoms with van der Waals surface area (Å²) in [7, 11) is 0. The van der Waals surface area contributed by atoms with Crippen molar-refractivity contribution in [2.45, 2.75) is 38.0 Å². The van der Waals surface area contributed by atoms with Gasteiger partial charge in [-0.2, -0.15) is 50.7 Å². The SMILES string of the molecule is Cc1nc2ncccc2n1-c1nc(Nc2ccc(C(F)(F)F)cc2)nc(N)c1F.Nc1cc(-n2c(C3CC3)nc3ccccc32)nc(Nc2ccc(C(F)(F)F)cc2)n1. The summed E-state index contributed by atoms with van der Waals surface area (Å²) in [6.45, 7) is 1.66. The second-order valence-corrected chi connectivity index (χ2v) is 13.4. The lowest BCUT2D eigenvalue weighted by Gasteiger charge is -2.12. The molecule has 13 nitrogen and oxygen atoms in total. The number of hydrogen-bond donors (Lipinski definition) is 4. The summed E-state index contributed by atoms with van der Waals surface area (Å²) in [5.74, 6) is 1.23. The number of nitrogen functional groups attached to an aromatic ring is 2. The monoisotopic (exact) mass is 813 g/mol. The van der Waals surface area contributed by atoms with Gasteiger partial charge in [0.05, 0.1) is 27.7 Å². The molecule has 1 aliphatic rings. The number of para-hydroxylation sites is 2. The molecule has 0 unspecified atom stereocenters. The summed E-state index contributed by atoms with van der Waals surface area (Å²) < 4.78 is 94.5. The lowest BCUT2D eigenvalue weighted by atomic mass is 10.2. The number of aryl methyl sites for hydroxylation is 1. The number of benzene rings is 3. The Labute approximate surface area is 329 Å². The number of pyridine rings is 1. The molecular weight excluding hydrogens is 784 g/mol. The van der Waals surface area contributed by atoms with Crippen LogP contribution in [-0.2, 0) is 12.4 Å². The van der Waals surface area contributed by atoms with Gasteiger partial charge in [-0.05, 0) is 92.6 Å². The molecule has 6 N–H and O–H groups in total. The minimum atomic E-state index is -4.45. The number of anilines is 6. The third-order valence-corrected chi connectivity index (χ3v) is 9.10. The van der Waals surface area contributed by atoms with Crippen LogP contribution < -0.4 is 22.1 Å². The number of alkyl halides is 6. The van der Waals surface area contributed by atoms with Crippen molar-refractivity contribution in [3.8, 4) is 11.6 Å². The number of aromatic nitrogens is 9. The zero-order valence-corrected chi connectivity index (χ0v) is 30.6. The number of nitrogens with one attached hydrogen (secondary N) is 2. The fourth-order valence-electron chi connectivity index (χ4n) is 6.22. The van der Waals surface area contributed by atoms with Crippen LogP contribution in [0.2, 0.25) is 0 Å². The van der Waals surface area contributed by atoms with Crippen LogP contribution in [0.15, 0.2) is 97.2 Å². The number of nitrogens with zero attached hydrogens (tertiary/aromatic N) is 9. The molecule has 1 fully saturated rings. The first-order valence-corrected chi connectivity index (χ1v) is 17.8. The van der Waals surface area contributed by atoms with E-state index in [2.05, 4.69) is 40.5 Å². The fraction of sp³-hybridized carbons (Fsp3) is 0.154. The summed E-state index contributed by atoms with van der Waals surface area (Å²) in [5, 5.41) is 5.67. The van der Waals surface area contributed by atoms with E-state index in [1.807, 2.05) is 28.8 Å². The van der Waals surface area contributed by atoms with E-state index in [1.165, 1.54) is 28.8 Å². The average molecular weight is 814 g/mol. The van der Waals surface area contributed by atoms with Gasteiger partial charge in [-0.1, -0.05) is 12.1 Å². The molecule has 1 aliphatic carbocycles. The fourth-order valence-corrected chi connectivity index (χ4v) is 6.22. The Bertz CT molecular complexity index is 2810. The van der Waals surface area contributed by atoms with Crippen molar-refractivity contribution in [2.75, 3.05) is 22.1 Å². The van der Waals surface area contributed by atoms with Gasteiger partial charge in [-0.15, -0.1) is 0 Å². The lowest BCUT2D eigenvalue weighted by molar-refractivity contribution is -0.138. The van der Waals surface area contributed by atoms with Crippen LogP contribution in [0.4, 0.5) is 65.6 Å². The Morgan fingerprint density at radius 1 is 0.661 bits per heavy atom. The second kappa shape index (κ2) is 14.8. The number of imidazole rings is 2. The molecule has 0 amide bonds. The van der Waals surface area contributed by atoms with Crippen LogP contribution in [0, 0.1) is 12.7 Å². The van der Waals surface area contributed by atoms with Gasteiger partial charge >= 0.3 is 12.4 Å². The molecule has 8 aromatic rings. The highest BCUT2D eigenvalue weighted by Crippen LogP contribution is 2.42. The smallest absolute Gasteiger partial charge is 0.383 e. The maximum atomic E-state index is 14.7. The number of nitrogens with two attached hydrogens (primary N) is 2. The predicted molar refractivity (Wildman–Crippen MR) is 206 cm³/mol. The Balaban J connectivity index is 0.000000164. The van der Waals surface area contributed by atoms with E-state index in [4.69, 9.17) is 16.5 Å². The minimum absolute atomic E-state index is 0.0798. The molecule has 0 bridgehead atoms. The summed E-state index contributed by atoms with van der Waals surface area (Å²) in [6.07, 6.45) is -5.14. The van der Waals surface area contributed by atoms with E-state index in [9.17, 15) is 30.7 Å². The molecule has 0 spiro atoms. The zero-order valence-electron chi connectivity index (χ0n) is 30.6. The van der Waals surface area contributed by atoms with Crippen LogP contribution in [0.25, 0.3) is 33.8 Å². The molecule has 20 heteroatoms. The molecule has 0 aliphatic heterocycles. The van der Waals surface area contributed by atoms with Gasteiger partial charge in [0.2, 0.25) is 17.7 Å². The van der Waals surface area contributed by atoms with E-state index in [0.717, 1.165) is 54.0 Å². The van der Waals surface area contributed by atoms with Crippen molar-refractivity contribution in [1.82, 2.24) is 44.0 Å². The topological polar surface area (TPSA) is 176 Å². The first-order valence-electron chi connectivity index (χ1n) is 17.8. The molecule has 0 saturated heterocycles. The quantitative estimate of drug-likeness (QED) is 0.113. The van der Waals surface area contributed by atoms with Crippen molar-refractivity contribution in [3.63, 3.8) is 0 Å². The van der Waals surface area contributed by atoms with Crippen LogP contribution in [0.3, 0.4) is 0 Å². The number of fused-ring (bicyclic) bond motifs is 2. The molecule has 0 atom stereocenters. The summed E-state index contributed by atoms with van der Waals surface area (Å²) >= 11 is 0. The van der Waals surface area contributed by atoms with E-state index < -0.39 is 35.1 Å². The van der Waals surface area contributed by atoms with Crippen molar-refractivity contribution >= 4 is 57.1 Å². The van der Waals surface area contributed by atoms with Gasteiger partial charge in [0.1, 0.15) is 23.3 Å². The molecule has 1 saturated carbocycles. The summed E-state index contributed by atoms with van der Waals surface area (Å²) in [4.78, 5) is 29.9. The van der Waals surface area contributed by atoms with E-state index in [1.54, 1.807) is 31.3 Å². The van der Waals surface area contributed by atoms with Gasteiger partial charge in [0.15, 0.2) is 17.3 Å². The summed E-state index contributed by atoms with van der Waals surface area (Å²) in [5.41, 5.74) is 13.6. The minimum Gasteiger partial charge on any atom is -0.383 e. The van der Waals surface area contributed by atoms with Gasteiger partial charge in [0, 0.05) is 29.6 Å². The van der Waals surface area contributed by atoms with Gasteiger partial charge in [0.25, 0.3) is 0 Å². The summed E-state index contributed by atoms with van der Waals surface area (Å²) in [6, 6.07) is 21.7. The third-order valence-electron chi connectivity index (χ3n) is 9.10. The normalized spacial score (nSPS) is 13.0. The Hall–Kier alpha value is -7.38. The van der Waals surface area contributed by atoms with Crippen molar-refractivity contribution in [2.24, 2.45) is 0 Å². The molecule has 3 aromatic carbocycles.